The Balaban J connectivity index is 3.86. The van der Waals surface area contributed by atoms with E-state index < -0.39 is 48.5 Å². The lowest BCUT2D eigenvalue weighted by molar-refractivity contribution is -0.330. The zero-order chi connectivity index (χ0) is 28.1. The molecule has 10 nitrogen and oxygen atoms in total. The van der Waals surface area contributed by atoms with E-state index in [4.69, 9.17) is 19.3 Å². The minimum Gasteiger partial charge on any atom is -0.481 e. The summed E-state index contributed by atoms with van der Waals surface area (Å²) < 4.78 is 15.1. The third kappa shape index (κ3) is 19.6. The molecule has 0 amide bonds. The number of carbonyl (C=O) groups is 4. The Kier molecular flexibility index (Phi) is 19.6. The summed E-state index contributed by atoms with van der Waals surface area (Å²) in [5.41, 5.74) is 0. The lowest BCUT2D eigenvalue weighted by atomic mass is 9.94. The first kappa shape index (κ1) is 34.8. The molecule has 0 aromatic heterocycles. The summed E-state index contributed by atoms with van der Waals surface area (Å²) >= 11 is 0. The van der Waals surface area contributed by atoms with Crippen LogP contribution in [0.5, 0.6) is 0 Å². The van der Waals surface area contributed by atoms with Gasteiger partial charge in [-0.2, -0.15) is 0 Å². The average Bonchev–Trinajstić information content (AvgIpc) is 2.78. The fourth-order valence-corrected chi connectivity index (χ4v) is 4.29. The summed E-state index contributed by atoms with van der Waals surface area (Å²) in [4.78, 5) is 45.5. The SMILES string of the molecule is CC(=O)OC(CCCCCCCCCCCCCCCC(CC(O)CO)C(=O)O)(OC(C)=O)OC(C)=O. The van der Waals surface area contributed by atoms with Crippen LogP contribution in [0.4, 0.5) is 0 Å². The molecule has 0 radical (unpaired) electrons. The molecule has 2 atom stereocenters. The molecule has 10 heteroatoms. The van der Waals surface area contributed by atoms with Crippen molar-refractivity contribution >= 4 is 23.9 Å². The highest BCUT2D eigenvalue weighted by atomic mass is 16.9. The van der Waals surface area contributed by atoms with Crippen molar-refractivity contribution in [3.8, 4) is 0 Å². The average molecular weight is 533 g/mol. The number of rotatable bonds is 23. The van der Waals surface area contributed by atoms with Gasteiger partial charge >= 0.3 is 29.9 Å². The monoisotopic (exact) mass is 532 g/mol. The highest BCUT2D eigenvalue weighted by molar-refractivity contribution is 5.71. The molecule has 0 aliphatic heterocycles. The fraction of sp³-hybridized carbons (Fsp3) is 0.852. The highest BCUT2D eigenvalue weighted by Crippen LogP contribution is 2.25. The van der Waals surface area contributed by atoms with Crippen LogP contribution in [0.15, 0.2) is 0 Å². The number of aliphatic hydroxyl groups excluding tert-OH is 2. The van der Waals surface area contributed by atoms with Gasteiger partial charge in [-0.1, -0.05) is 77.0 Å². The van der Waals surface area contributed by atoms with E-state index in [9.17, 15) is 29.4 Å². The lowest BCUT2D eigenvalue weighted by Gasteiger charge is -2.30. The van der Waals surface area contributed by atoms with E-state index in [-0.39, 0.29) is 12.8 Å². The van der Waals surface area contributed by atoms with Crippen LogP contribution in [-0.2, 0) is 33.4 Å². The van der Waals surface area contributed by atoms with E-state index in [1.165, 1.54) is 12.8 Å². The van der Waals surface area contributed by atoms with E-state index in [0.717, 1.165) is 85.0 Å². The molecule has 0 saturated heterocycles. The third-order valence-corrected chi connectivity index (χ3v) is 6.05. The van der Waals surface area contributed by atoms with Crippen molar-refractivity contribution in [2.75, 3.05) is 6.61 Å². The van der Waals surface area contributed by atoms with Crippen molar-refractivity contribution in [1.29, 1.82) is 0 Å². The van der Waals surface area contributed by atoms with Gasteiger partial charge in [-0.3, -0.25) is 19.2 Å². The van der Waals surface area contributed by atoms with Crippen molar-refractivity contribution in [2.45, 2.75) is 136 Å². The van der Waals surface area contributed by atoms with Gasteiger partial charge in [0.15, 0.2) is 0 Å². The lowest BCUT2D eigenvalue weighted by Crippen LogP contribution is -2.43. The summed E-state index contributed by atoms with van der Waals surface area (Å²) in [7, 11) is 0. The standard InChI is InChI=1S/C27H48O10/c1-21(29)35-27(36-22(2)30,37-23(3)31)18-16-14-12-10-8-6-4-5-7-9-11-13-15-17-24(26(33)34)19-25(32)20-28/h24-25,28,32H,4-20H2,1-3H3,(H,33,34). The summed E-state index contributed by atoms with van der Waals surface area (Å²) in [6.07, 6.45) is 13.0. The first-order valence-electron chi connectivity index (χ1n) is 13.6. The minimum absolute atomic E-state index is 0.0906. The maximum Gasteiger partial charge on any atom is 0.423 e. The van der Waals surface area contributed by atoms with Crippen molar-refractivity contribution in [3.05, 3.63) is 0 Å². The fourth-order valence-electron chi connectivity index (χ4n) is 4.29. The smallest absolute Gasteiger partial charge is 0.423 e. The minimum atomic E-state index is -2.00. The van der Waals surface area contributed by atoms with Crippen LogP contribution < -0.4 is 0 Å². The second-order valence-corrected chi connectivity index (χ2v) is 9.71. The van der Waals surface area contributed by atoms with Gasteiger partial charge in [0.05, 0.1) is 25.0 Å². The van der Waals surface area contributed by atoms with Crippen molar-refractivity contribution in [2.24, 2.45) is 5.92 Å². The Labute approximate surface area is 221 Å². The molecule has 0 fully saturated rings. The summed E-state index contributed by atoms with van der Waals surface area (Å²) in [5.74, 6) is -5.62. The molecule has 0 rings (SSSR count). The predicted molar refractivity (Wildman–Crippen MR) is 136 cm³/mol. The van der Waals surface area contributed by atoms with Crippen molar-refractivity contribution < 1.29 is 48.7 Å². The van der Waals surface area contributed by atoms with E-state index in [0.29, 0.717) is 12.8 Å². The van der Waals surface area contributed by atoms with Crippen LogP contribution in [-0.4, -0.2) is 57.9 Å². The number of aliphatic hydroxyl groups is 2. The summed E-state index contributed by atoms with van der Waals surface area (Å²) in [6.45, 7) is 3.08. The number of carboxylic acid groups (broad SMARTS) is 1. The summed E-state index contributed by atoms with van der Waals surface area (Å²) in [5, 5.41) is 27.5. The van der Waals surface area contributed by atoms with Crippen molar-refractivity contribution in [1.82, 2.24) is 0 Å². The molecule has 0 bridgehead atoms. The van der Waals surface area contributed by atoms with E-state index >= 15 is 0 Å². The van der Waals surface area contributed by atoms with Crippen LogP contribution in [0.25, 0.3) is 0 Å². The predicted octanol–water partition coefficient (Wildman–Crippen LogP) is 4.63. The quantitative estimate of drug-likeness (QED) is 0.0963. The second-order valence-electron chi connectivity index (χ2n) is 9.71. The molecule has 216 valence electrons. The van der Waals surface area contributed by atoms with E-state index in [2.05, 4.69) is 0 Å². The van der Waals surface area contributed by atoms with Crippen LogP contribution >= 0.6 is 0 Å². The van der Waals surface area contributed by atoms with E-state index in [1.54, 1.807) is 0 Å². The molecule has 2 unspecified atom stereocenters. The molecule has 0 aliphatic rings. The Morgan fingerprint density at radius 2 is 1.00 bits per heavy atom. The van der Waals surface area contributed by atoms with Crippen LogP contribution in [0, 0.1) is 5.92 Å². The van der Waals surface area contributed by atoms with Gasteiger partial charge in [-0.05, 0) is 19.3 Å². The maximum atomic E-state index is 11.4. The molecular weight excluding hydrogens is 484 g/mol. The Morgan fingerprint density at radius 1 is 0.649 bits per heavy atom. The Bertz CT molecular complexity index is 623. The Hall–Kier alpha value is -2.20. The zero-order valence-corrected chi connectivity index (χ0v) is 22.9. The normalized spacial score (nSPS) is 13.0. The van der Waals surface area contributed by atoms with Gasteiger partial charge in [0.2, 0.25) is 0 Å². The largest absolute Gasteiger partial charge is 0.481 e. The molecule has 0 aromatic rings. The summed E-state index contributed by atoms with van der Waals surface area (Å²) in [6, 6.07) is 0. The van der Waals surface area contributed by atoms with Gasteiger partial charge in [0.25, 0.3) is 0 Å². The highest BCUT2D eigenvalue weighted by Gasteiger charge is 2.41. The second kappa shape index (κ2) is 20.8. The first-order chi connectivity index (χ1) is 17.5. The van der Waals surface area contributed by atoms with Crippen LogP contribution in [0.2, 0.25) is 0 Å². The first-order valence-corrected chi connectivity index (χ1v) is 13.6. The topological polar surface area (TPSA) is 157 Å². The van der Waals surface area contributed by atoms with Gasteiger partial charge in [-0.25, -0.2) is 0 Å². The van der Waals surface area contributed by atoms with Crippen molar-refractivity contribution in [3.63, 3.8) is 0 Å². The number of esters is 3. The number of hydrogen-bond donors (Lipinski definition) is 3. The number of hydrogen-bond acceptors (Lipinski definition) is 9. The van der Waals surface area contributed by atoms with Crippen LogP contribution in [0.3, 0.4) is 0 Å². The van der Waals surface area contributed by atoms with Gasteiger partial charge in [0.1, 0.15) is 0 Å². The number of aliphatic carboxylic acids is 1. The van der Waals surface area contributed by atoms with Gasteiger partial charge in [-0.15, -0.1) is 0 Å². The number of carboxylic acids is 1. The van der Waals surface area contributed by atoms with Gasteiger partial charge in [0, 0.05) is 20.8 Å². The maximum absolute atomic E-state index is 11.4. The molecule has 0 aromatic carbocycles. The number of carbonyl (C=O) groups excluding carboxylic acids is 3. The van der Waals surface area contributed by atoms with E-state index in [1.807, 2.05) is 0 Å². The molecule has 0 heterocycles. The molecule has 3 N–H and O–H groups in total. The zero-order valence-electron chi connectivity index (χ0n) is 22.9. The van der Waals surface area contributed by atoms with Crippen LogP contribution in [0.1, 0.15) is 124 Å². The molecule has 0 saturated carbocycles. The molecule has 0 spiro atoms. The number of ether oxygens (including phenoxy) is 3. The number of unbranched alkanes of at least 4 members (excludes halogenated alkanes) is 12. The Morgan fingerprint density at radius 3 is 1.32 bits per heavy atom. The van der Waals surface area contributed by atoms with Gasteiger partial charge < -0.3 is 29.5 Å². The molecule has 37 heavy (non-hydrogen) atoms. The molecule has 0 aliphatic carbocycles. The molecular formula is C27H48O10. The third-order valence-electron chi connectivity index (χ3n) is 6.05.